The van der Waals surface area contributed by atoms with Gasteiger partial charge < -0.3 is 11.1 Å². The van der Waals surface area contributed by atoms with Crippen molar-refractivity contribution < 1.29 is 0 Å². The second-order valence-corrected chi connectivity index (χ2v) is 4.09. The van der Waals surface area contributed by atoms with Gasteiger partial charge >= 0.3 is 0 Å². The van der Waals surface area contributed by atoms with Crippen molar-refractivity contribution in [2.75, 3.05) is 18.6 Å². The molecule has 3 nitrogen and oxygen atoms in total. The summed E-state index contributed by atoms with van der Waals surface area (Å²) in [5.74, 6) is 1.56. The highest BCUT2D eigenvalue weighted by Crippen LogP contribution is 1.99. The number of hydrogen-bond acceptors (Lipinski definition) is 2. The van der Waals surface area contributed by atoms with E-state index in [0.29, 0.717) is 12.5 Å². The third kappa shape index (κ3) is 5.32. The van der Waals surface area contributed by atoms with Crippen LogP contribution in [0.5, 0.6) is 0 Å². The first-order valence-corrected chi connectivity index (χ1v) is 6.29. The van der Waals surface area contributed by atoms with Gasteiger partial charge in [-0.05, 0) is 11.8 Å². The SMILES string of the molecule is CSCCNC(N)=NCc1ccccc1. The van der Waals surface area contributed by atoms with E-state index in [-0.39, 0.29) is 0 Å². The molecule has 0 atom stereocenters. The lowest BCUT2D eigenvalue weighted by atomic mass is 10.2. The lowest BCUT2D eigenvalue weighted by Gasteiger charge is -2.03. The smallest absolute Gasteiger partial charge is 0.188 e. The molecule has 0 fully saturated rings. The second kappa shape index (κ2) is 7.17. The molecule has 3 N–H and O–H groups in total. The zero-order valence-corrected chi connectivity index (χ0v) is 9.76. The van der Waals surface area contributed by atoms with Crippen molar-refractivity contribution in [1.82, 2.24) is 5.32 Å². The number of thioether (sulfide) groups is 1. The fourth-order valence-electron chi connectivity index (χ4n) is 1.10. The van der Waals surface area contributed by atoms with Crippen LogP contribution in [0.4, 0.5) is 0 Å². The molecule has 1 aromatic rings. The highest BCUT2D eigenvalue weighted by molar-refractivity contribution is 7.98. The Kier molecular flexibility index (Phi) is 5.70. The quantitative estimate of drug-likeness (QED) is 0.451. The van der Waals surface area contributed by atoms with E-state index in [9.17, 15) is 0 Å². The van der Waals surface area contributed by atoms with Gasteiger partial charge in [-0.1, -0.05) is 30.3 Å². The Balaban J connectivity index is 2.31. The van der Waals surface area contributed by atoms with Gasteiger partial charge in [-0.2, -0.15) is 11.8 Å². The highest BCUT2D eigenvalue weighted by atomic mass is 32.2. The minimum atomic E-state index is 0.521. The molecule has 0 saturated carbocycles. The monoisotopic (exact) mass is 223 g/mol. The number of nitrogens with two attached hydrogens (primary N) is 1. The van der Waals surface area contributed by atoms with Gasteiger partial charge in [0.2, 0.25) is 0 Å². The summed E-state index contributed by atoms with van der Waals surface area (Å²) in [7, 11) is 0. The van der Waals surface area contributed by atoms with Gasteiger partial charge in [0.05, 0.1) is 6.54 Å². The number of hydrogen-bond donors (Lipinski definition) is 2. The summed E-state index contributed by atoms with van der Waals surface area (Å²) in [5, 5.41) is 3.06. The molecule has 4 heteroatoms. The standard InChI is InChI=1S/C11H17N3S/c1-15-8-7-13-11(12)14-9-10-5-3-2-4-6-10/h2-6H,7-9H2,1H3,(H3,12,13,14). The Bertz CT molecular complexity index is 298. The van der Waals surface area contributed by atoms with Gasteiger partial charge in [-0.25, -0.2) is 4.99 Å². The van der Waals surface area contributed by atoms with Gasteiger partial charge in [0, 0.05) is 12.3 Å². The predicted octanol–water partition coefficient (Wildman–Crippen LogP) is 1.45. The molecule has 0 radical (unpaired) electrons. The fourth-order valence-corrected chi connectivity index (χ4v) is 1.40. The molecule has 0 aliphatic carbocycles. The van der Waals surface area contributed by atoms with Crippen LogP contribution >= 0.6 is 11.8 Å². The Morgan fingerprint density at radius 2 is 2.13 bits per heavy atom. The highest BCUT2D eigenvalue weighted by Gasteiger charge is 1.91. The third-order valence-corrected chi connectivity index (χ3v) is 2.50. The van der Waals surface area contributed by atoms with E-state index < -0.39 is 0 Å². The van der Waals surface area contributed by atoms with E-state index in [2.05, 4.69) is 16.6 Å². The summed E-state index contributed by atoms with van der Waals surface area (Å²) >= 11 is 1.79. The van der Waals surface area contributed by atoms with Crippen LogP contribution in [0.25, 0.3) is 0 Å². The van der Waals surface area contributed by atoms with E-state index in [4.69, 9.17) is 5.73 Å². The van der Waals surface area contributed by atoms with Crippen molar-refractivity contribution >= 4 is 17.7 Å². The molecule has 0 spiro atoms. The summed E-state index contributed by atoms with van der Waals surface area (Å²) in [6, 6.07) is 10.1. The lowest BCUT2D eigenvalue weighted by Crippen LogP contribution is -2.33. The lowest BCUT2D eigenvalue weighted by molar-refractivity contribution is 0.933. The van der Waals surface area contributed by atoms with Crippen molar-refractivity contribution in [3.05, 3.63) is 35.9 Å². The van der Waals surface area contributed by atoms with Crippen molar-refractivity contribution in [3.63, 3.8) is 0 Å². The van der Waals surface area contributed by atoms with Gasteiger partial charge in [0.15, 0.2) is 5.96 Å². The molecular weight excluding hydrogens is 206 g/mol. The number of guanidine groups is 1. The maximum absolute atomic E-state index is 5.69. The zero-order chi connectivity index (χ0) is 10.9. The molecule has 0 heterocycles. The Labute approximate surface area is 95.2 Å². The topological polar surface area (TPSA) is 50.4 Å². The molecule has 0 amide bonds. The minimum Gasteiger partial charge on any atom is -0.370 e. The van der Waals surface area contributed by atoms with Crippen LogP contribution in [-0.2, 0) is 6.54 Å². The largest absolute Gasteiger partial charge is 0.370 e. The normalized spacial score (nSPS) is 11.4. The molecule has 1 aromatic carbocycles. The van der Waals surface area contributed by atoms with Gasteiger partial charge in [-0.3, -0.25) is 0 Å². The maximum atomic E-state index is 5.69. The molecule has 0 unspecified atom stereocenters. The predicted molar refractivity (Wildman–Crippen MR) is 68.2 cm³/mol. The maximum Gasteiger partial charge on any atom is 0.188 e. The molecule has 0 bridgehead atoms. The summed E-state index contributed by atoms with van der Waals surface area (Å²) in [5.41, 5.74) is 6.87. The van der Waals surface area contributed by atoms with Crippen LogP contribution < -0.4 is 11.1 Å². The summed E-state index contributed by atoms with van der Waals surface area (Å²) < 4.78 is 0. The number of nitrogens with one attached hydrogen (secondary N) is 1. The molecule has 0 aliphatic heterocycles. The number of nitrogens with zero attached hydrogens (tertiary/aromatic N) is 1. The molecule has 15 heavy (non-hydrogen) atoms. The van der Waals surface area contributed by atoms with Crippen LogP contribution in [0.1, 0.15) is 5.56 Å². The zero-order valence-electron chi connectivity index (χ0n) is 8.94. The minimum absolute atomic E-state index is 0.521. The third-order valence-electron chi connectivity index (χ3n) is 1.89. The summed E-state index contributed by atoms with van der Waals surface area (Å²) in [4.78, 5) is 4.24. The van der Waals surface area contributed by atoms with E-state index in [1.54, 1.807) is 11.8 Å². The van der Waals surface area contributed by atoms with Crippen LogP contribution in [0.3, 0.4) is 0 Å². The first-order valence-electron chi connectivity index (χ1n) is 4.89. The van der Waals surface area contributed by atoms with Crippen LogP contribution in [0.2, 0.25) is 0 Å². The molecule has 1 rings (SSSR count). The fraction of sp³-hybridized carbons (Fsp3) is 0.364. The second-order valence-electron chi connectivity index (χ2n) is 3.11. The van der Waals surface area contributed by atoms with Crippen molar-refractivity contribution in [2.45, 2.75) is 6.54 Å². The average Bonchev–Trinajstić information content (AvgIpc) is 2.28. The number of benzene rings is 1. The van der Waals surface area contributed by atoms with E-state index in [0.717, 1.165) is 12.3 Å². The molecule has 0 aliphatic rings. The van der Waals surface area contributed by atoms with Gasteiger partial charge in [0.1, 0.15) is 0 Å². The summed E-state index contributed by atoms with van der Waals surface area (Å²) in [6.07, 6.45) is 2.07. The first-order chi connectivity index (χ1) is 7.33. The van der Waals surface area contributed by atoms with Gasteiger partial charge in [0.25, 0.3) is 0 Å². The van der Waals surface area contributed by atoms with E-state index in [1.165, 1.54) is 5.56 Å². The van der Waals surface area contributed by atoms with Crippen molar-refractivity contribution in [2.24, 2.45) is 10.7 Å². The molecule has 0 aromatic heterocycles. The molecule has 0 saturated heterocycles. The number of rotatable bonds is 5. The van der Waals surface area contributed by atoms with Crippen LogP contribution in [0, 0.1) is 0 Å². The van der Waals surface area contributed by atoms with Crippen molar-refractivity contribution in [1.29, 1.82) is 0 Å². The molecule has 82 valence electrons. The Morgan fingerprint density at radius 3 is 2.80 bits per heavy atom. The average molecular weight is 223 g/mol. The van der Waals surface area contributed by atoms with E-state index in [1.807, 2.05) is 30.3 Å². The Morgan fingerprint density at radius 1 is 1.40 bits per heavy atom. The van der Waals surface area contributed by atoms with Crippen molar-refractivity contribution in [3.8, 4) is 0 Å². The van der Waals surface area contributed by atoms with Crippen LogP contribution in [0.15, 0.2) is 35.3 Å². The molecular formula is C11H17N3S. The summed E-state index contributed by atoms with van der Waals surface area (Å²) in [6.45, 7) is 1.50. The Hall–Kier alpha value is -1.16. The first kappa shape index (κ1) is 11.9. The van der Waals surface area contributed by atoms with Gasteiger partial charge in [-0.15, -0.1) is 0 Å². The van der Waals surface area contributed by atoms with Crippen LogP contribution in [-0.4, -0.2) is 24.5 Å². The number of aliphatic imine (C=N–C) groups is 1. The van der Waals surface area contributed by atoms with E-state index >= 15 is 0 Å².